The van der Waals surface area contributed by atoms with Crippen LogP contribution in [0.4, 0.5) is 0 Å². The van der Waals surface area contributed by atoms with Crippen LogP contribution < -0.4 is 4.74 Å². The van der Waals surface area contributed by atoms with Gasteiger partial charge in [0.1, 0.15) is 12.4 Å². The highest BCUT2D eigenvalue weighted by molar-refractivity contribution is 7.86. The summed E-state index contributed by atoms with van der Waals surface area (Å²) in [4.78, 5) is 0. The second kappa shape index (κ2) is 7.64. The number of ether oxygens (including phenoxy) is 1. The normalized spacial score (nSPS) is 11.2. The molecule has 0 aliphatic rings. The molecule has 0 unspecified atom stereocenters. The van der Waals surface area contributed by atoms with E-state index in [1.807, 2.05) is 36.4 Å². The summed E-state index contributed by atoms with van der Waals surface area (Å²) in [5.74, 6) is 0.656. The van der Waals surface area contributed by atoms with Crippen LogP contribution in [0, 0.1) is 0 Å². The maximum Gasteiger partial charge on any atom is 0.264 e. The standard InChI is InChI=1S/C17H17ClO4S/c1-13(11-22-23(2,19)20)15-6-4-8-17(10-15)21-12-14-5-3-7-16(18)9-14/h3-10H,1,11-12H2,2H3. The van der Waals surface area contributed by atoms with E-state index >= 15 is 0 Å². The molecule has 2 rings (SSSR count). The van der Waals surface area contributed by atoms with E-state index in [0.29, 0.717) is 23.0 Å². The minimum Gasteiger partial charge on any atom is -0.489 e. The molecule has 6 heteroatoms. The molecule has 0 bridgehead atoms. The first-order chi connectivity index (χ1) is 10.8. The minimum absolute atomic E-state index is 0.0867. The lowest BCUT2D eigenvalue weighted by atomic mass is 10.1. The van der Waals surface area contributed by atoms with Crippen molar-refractivity contribution in [2.24, 2.45) is 0 Å². The molecule has 0 radical (unpaired) electrons. The largest absolute Gasteiger partial charge is 0.489 e. The van der Waals surface area contributed by atoms with E-state index in [-0.39, 0.29) is 6.61 Å². The van der Waals surface area contributed by atoms with Gasteiger partial charge in [0.15, 0.2) is 0 Å². The highest BCUT2D eigenvalue weighted by atomic mass is 35.5. The van der Waals surface area contributed by atoms with Gasteiger partial charge in [0.2, 0.25) is 0 Å². The maximum absolute atomic E-state index is 11.0. The first-order valence-electron chi connectivity index (χ1n) is 6.83. The molecule has 0 saturated heterocycles. The Labute approximate surface area is 141 Å². The fourth-order valence-corrected chi connectivity index (χ4v) is 2.43. The molecule has 0 fully saturated rings. The predicted octanol–water partition coefficient (Wildman–Crippen LogP) is 3.91. The number of hydrogen-bond acceptors (Lipinski definition) is 4. The highest BCUT2D eigenvalue weighted by Crippen LogP contribution is 2.21. The predicted molar refractivity (Wildman–Crippen MR) is 92.1 cm³/mol. The second-order valence-electron chi connectivity index (χ2n) is 5.02. The van der Waals surface area contributed by atoms with Crippen molar-refractivity contribution in [3.63, 3.8) is 0 Å². The van der Waals surface area contributed by atoms with Crippen molar-refractivity contribution in [1.82, 2.24) is 0 Å². The molecular formula is C17H17ClO4S. The van der Waals surface area contributed by atoms with Gasteiger partial charge in [-0.2, -0.15) is 8.42 Å². The summed E-state index contributed by atoms with van der Waals surface area (Å²) in [7, 11) is -3.49. The lowest BCUT2D eigenvalue weighted by Gasteiger charge is -2.10. The lowest BCUT2D eigenvalue weighted by molar-refractivity contribution is 0.306. The van der Waals surface area contributed by atoms with Gasteiger partial charge in [-0.1, -0.05) is 42.4 Å². The van der Waals surface area contributed by atoms with Crippen LogP contribution in [0.2, 0.25) is 5.02 Å². The van der Waals surface area contributed by atoms with E-state index in [1.165, 1.54) is 0 Å². The Kier molecular flexibility index (Phi) is 5.82. The zero-order valence-electron chi connectivity index (χ0n) is 12.7. The molecule has 0 amide bonds. The molecule has 0 aliphatic carbocycles. The smallest absolute Gasteiger partial charge is 0.264 e. The Morgan fingerprint density at radius 1 is 1.17 bits per heavy atom. The number of hydrogen-bond donors (Lipinski definition) is 0. The summed E-state index contributed by atoms with van der Waals surface area (Å²) in [6, 6.07) is 14.7. The Balaban J connectivity index is 2.00. The molecule has 0 aromatic heterocycles. The fourth-order valence-electron chi connectivity index (χ4n) is 1.86. The zero-order chi connectivity index (χ0) is 16.9. The van der Waals surface area contributed by atoms with Crippen LogP contribution >= 0.6 is 11.6 Å². The topological polar surface area (TPSA) is 52.6 Å². The summed E-state index contributed by atoms with van der Waals surface area (Å²) in [5, 5.41) is 0.658. The van der Waals surface area contributed by atoms with E-state index in [9.17, 15) is 8.42 Å². The first kappa shape index (κ1) is 17.5. The summed E-state index contributed by atoms with van der Waals surface area (Å²) in [5.41, 5.74) is 2.28. The van der Waals surface area contributed by atoms with Crippen LogP contribution in [-0.4, -0.2) is 21.3 Å². The number of halogens is 1. The Hall–Kier alpha value is -1.82. The quantitative estimate of drug-likeness (QED) is 0.709. The van der Waals surface area contributed by atoms with Crippen molar-refractivity contribution in [1.29, 1.82) is 0 Å². The molecule has 0 saturated carbocycles. The van der Waals surface area contributed by atoms with Gasteiger partial charge in [-0.05, 0) is 41.0 Å². The second-order valence-corrected chi connectivity index (χ2v) is 7.10. The van der Waals surface area contributed by atoms with Crippen molar-refractivity contribution in [2.45, 2.75) is 6.61 Å². The van der Waals surface area contributed by atoms with E-state index < -0.39 is 10.1 Å². The van der Waals surface area contributed by atoms with Gasteiger partial charge in [0.25, 0.3) is 10.1 Å². The molecule has 0 heterocycles. The van der Waals surface area contributed by atoms with Crippen LogP contribution in [0.15, 0.2) is 55.1 Å². The minimum atomic E-state index is -3.49. The number of rotatable bonds is 7. The van der Waals surface area contributed by atoms with Crippen molar-refractivity contribution < 1.29 is 17.3 Å². The van der Waals surface area contributed by atoms with Gasteiger partial charge in [-0.15, -0.1) is 0 Å². The molecular weight excluding hydrogens is 336 g/mol. The molecule has 0 N–H and O–H groups in total. The Morgan fingerprint density at radius 3 is 2.61 bits per heavy atom. The van der Waals surface area contributed by atoms with Crippen molar-refractivity contribution >= 4 is 27.3 Å². The molecule has 4 nitrogen and oxygen atoms in total. The highest BCUT2D eigenvalue weighted by Gasteiger charge is 2.06. The lowest BCUT2D eigenvalue weighted by Crippen LogP contribution is -2.05. The van der Waals surface area contributed by atoms with Gasteiger partial charge in [-0.25, -0.2) is 0 Å². The SMILES string of the molecule is C=C(COS(C)(=O)=O)c1cccc(OCc2cccc(Cl)c2)c1. The van der Waals surface area contributed by atoms with Gasteiger partial charge < -0.3 is 4.74 Å². The summed E-state index contributed by atoms with van der Waals surface area (Å²) in [6.07, 6.45) is 1.00. The third-order valence-corrected chi connectivity index (χ3v) is 3.77. The van der Waals surface area contributed by atoms with E-state index in [0.717, 1.165) is 17.4 Å². The van der Waals surface area contributed by atoms with Gasteiger partial charge in [-0.3, -0.25) is 4.18 Å². The summed E-state index contributed by atoms with van der Waals surface area (Å²) in [6.45, 7) is 4.14. The monoisotopic (exact) mass is 352 g/mol. The van der Waals surface area contributed by atoms with E-state index in [2.05, 4.69) is 6.58 Å². The van der Waals surface area contributed by atoms with E-state index in [1.54, 1.807) is 12.1 Å². The van der Waals surface area contributed by atoms with Gasteiger partial charge in [0, 0.05) is 5.02 Å². The van der Waals surface area contributed by atoms with Crippen LogP contribution in [0.25, 0.3) is 5.57 Å². The first-order valence-corrected chi connectivity index (χ1v) is 9.03. The average molecular weight is 353 g/mol. The molecule has 0 aliphatic heterocycles. The van der Waals surface area contributed by atoms with Crippen molar-refractivity contribution in [3.8, 4) is 5.75 Å². The Morgan fingerprint density at radius 2 is 1.91 bits per heavy atom. The summed E-state index contributed by atoms with van der Waals surface area (Å²) >= 11 is 5.93. The van der Waals surface area contributed by atoms with Gasteiger partial charge >= 0.3 is 0 Å². The molecule has 2 aromatic carbocycles. The van der Waals surface area contributed by atoms with E-state index in [4.69, 9.17) is 20.5 Å². The molecule has 122 valence electrons. The Bertz CT molecular complexity index is 800. The molecule has 0 atom stereocenters. The van der Waals surface area contributed by atoms with Crippen molar-refractivity contribution in [2.75, 3.05) is 12.9 Å². The molecule has 2 aromatic rings. The fraction of sp³-hybridized carbons (Fsp3) is 0.176. The maximum atomic E-state index is 11.0. The third-order valence-electron chi connectivity index (χ3n) is 2.98. The zero-order valence-corrected chi connectivity index (χ0v) is 14.2. The van der Waals surface area contributed by atoms with Crippen LogP contribution in [0.1, 0.15) is 11.1 Å². The van der Waals surface area contributed by atoms with Crippen LogP contribution in [0.5, 0.6) is 5.75 Å². The van der Waals surface area contributed by atoms with Crippen LogP contribution in [-0.2, 0) is 20.9 Å². The van der Waals surface area contributed by atoms with Crippen molar-refractivity contribution in [3.05, 3.63) is 71.3 Å². The molecule has 23 heavy (non-hydrogen) atoms. The summed E-state index contributed by atoms with van der Waals surface area (Å²) < 4.78 is 32.5. The van der Waals surface area contributed by atoms with Gasteiger partial charge in [0.05, 0.1) is 12.9 Å². The number of benzene rings is 2. The average Bonchev–Trinajstić information content (AvgIpc) is 2.50. The third kappa shape index (κ3) is 6.06. The molecule has 0 spiro atoms. The van der Waals surface area contributed by atoms with Crippen LogP contribution in [0.3, 0.4) is 0 Å².